The minimum absolute atomic E-state index is 0.649. The van der Waals surface area contributed by atoms with E-state index in [-0.39, 0.29) is 0 Å². The Bertz CT molecular complexity index is 194. The van der Waals surface area contributed by atoms with Gasteiger partial charge in [0.15, 0.2) is 0 Å². The van der Waals surface area contributed by atoms with Gasteiger partial charge in [-0.2, -0.15) is 0 Å². The predicted octanol–water partition coefficient (Wildman–Crippen LogP) is 4.89. The van der Waals surface area contributed by atoms with E-state index in [0.717, 1.165) is 23.7 Å². The smallest absolute Gasteiger partial charge is 0.0349 e. The van der Waals surface area contributed by atoms with Crippen LogP contribution in [0.1, 0.15) is 66.2 Å². The third-order valence-corrected chi connectivity index (χ3v) is 5.22. The van der Waals surface area contributed by atoms with Gasteiger partial charge in [0.25, 0.3) is 0 Å². The van der Waals surface area contributed by atoms with Crippen LogP contribution in [-0.4, -0.2) is 0 Å². The van der Waals surface area contributed by atoms with E-state index in [1.54, 1.807) is 12.8 Å². The standard InChI is InChI=1S/C15H28/c1-5-11-7-13-9-15(3,4)10-14(13)8-12(11)6-2/h11-14H,5-10H2,1-4H3. The van der Waals surface area contributed by atoms with Crippen LogP contribution in [0.15, 0.2) is 0 Å². The third-order valence-electron chi connectivity index (χ3n) is 5.22. The number of hydrogen-bond donors (Lipinski definition) is 0. The Balaban J connectivity index is 2.04. The highest BCUT2D eigenvalue weighted by molar-refractivity contribution is 4.94. The van der Waals surface area contributed by atoms with Gasteiger partial charge < -0.3 is 0 Å². The molecule has 0 N–H and O–H groups in total. The van der Waals surface area contributed by atoms with E-state index < -0.39 is 0 Å². The first-order valence-electron chi connectivity index (χ1n) is 7.05. The molecule has 4 atom stereocenters. The second-order valence-electron chi connectivity index (χ2n) is 6.90. The Kier molecular flexibility index (Phi) is 3.14. The summed E-state index contributed by atoms with van der Waals surface area (Å²) in [5.74, 6) is 4.25. The van der Waals surface area contributed by atoms with Crippen LogP contribution < -0.4 is 0 Å². The first-order chi connectivity index (χ1) is 7.05. The molecule has 0 radical (unpaired) electrons. The molecule has 0 saturated heterocycles. The van der Waals surface area contributed by atoms with Crippen molar-refractivity contribution in [2.75, 3.05) is 0 Å². The molecular formula is C15H28. The van der Waals surface area contributed by atoms with Crippen LogP contribution in [0.25, 0.3) is 0 Å². The lowest BCUT2D eigenvalue weighted by molar-refractivity contribution is 0.126. The Morgan fingerprint density at radius 3 is 1.60 bits per heavy atom. The van der Waals surface area contributed by atoms with Crippen LogP contribution in [0.4, 0.5) is 0 Å². The summed E-state index contributed by atoms with van der Waals surface area (Å²) < 4.78 is 0. The van der Waals surface area contributed by atoms with Gasteiger partial charge in [-0.15, -0.1) is 0 Å². The van der Waals surface area contributed by atoms with E-state index >= 15 is 0 Å². The number of fused-ring (bicyclic) bond motifs is 1. The maximum Gasteiger partial charge on any atom is -0.0349 e. The summed E-state index contributed by atoms with van der Waals surface area (Å²) >= 11 is 0. The van der Waals surface area contributed by atoms with Gasteiger partial charge in [0, 0.05) is 0 Å². The van der Waals surface area contributed by atoms with E-state index in [9.17, 15) is 0 Å². The largest absolute Gasteiger partial charge is 0.0651 e. The van der Waals surface area contributed by atoms with E-state index in [4.69, 9.17) is 0 Å². The van der Waals surface area contributed by atoms with E-state index in [2.05, 4.69) is 27.7 Å². The first-order valence-corrected chi connectivity index (χ1v) is 7.05. The quantitative estimate of drug-likeness (QED) is 0.606. The van der Waals surface area contributed by atoms with Crippen molar-refractivity contribution in [2.45, 2.75) is 66.2 Å². The first kappa shape index (κ1) is 11.5. The summed E-state index contributed by atoms with van der Waals surface area (Å²) in [5, 5.41) is 0. The summed E-state index contributed by atoms with van der Waals surface area (Å²) in [6.07, 6.45) is 8.94. The topological polar surface area (TPSA) is 0 Å². The molecule has 0 amide bonds. The van der Waals surface area contributed by atoms with E-state index in [1.165, 1.54) is 25.7 Å². The fourth-order valence-corrected chi connectivity index (χ4v) is 4.55. The molecule has 0 heteroatoms. The minimum atomic E-state index is 0.649. The predicted molar refractivity (Wildman–Crippen MR) is 66.8 cm³/mol. The van der Waals surface area contributed by atoms with Gasteiger partial charge in [-0.1, -0.05) is 40.5 Å². The zero-order chi connectivity index (χ0) is 11.1. The van der Waals surface area contributed by atoms with Gasteiger partial charge in [0.1, 0.15) is 0 Å². The highest BCUT2D eigenvalue weighted by Crippen LogP contribution is 2.54. The van der Waals surface area contributed by atoms with Crippen molar-refractivity contribution in [3.05, 3.63) is 0 Å². The van der Waals surface area contributed by atoms with Crippen LogP contribution in [0.5, 0.6) is 0 Å². The van der Waals surface area contributed by atoms with Gasteiger partial charge >= 0.3 is 0 Å². The van der Waals surface area contributed by atoms with Gasteiger partial charge in [0.2, 0.25) is 0 Å². The van der Waals surface area contributed by atoms with Crippen LogP contribution in [0.2, 0.25) is 0 Å². The normalized spacial score (nSPS) is 44.0. The molecule has 2 aliphatic carbocycles. The van der Waals surface area contributed by atoms with E-state index in [0.29, 0.717) is 5.41 Å². The summed E-state index contributed by atoms with van der Waals surface area (Å²) in [4.78, 5) is 0. The maximum absolute atomic E-state index is 2.48. The highest BCUT2D eigenvalue weighted by atomic mass is 14.5. The van der Waals surface area contributed by atoms with Gasteiger partial charge in [-0.3, -0.25) is 0 Å². The zero-order valence-corrected chi connectivity index (χ0v) is 11.1. The Morgan fingerprint density at radius 2 is 1.27 bits per heavy atom. The average Bonchev–Trinajstić information content (AvgIpc) is 2.48. The molecule has 0 aliphatic heterocycles. The SMILES string of the molecule is CCC1CC2CC(C)(C)CC2CC1CC. The molecule has 0 heterocycles. The number of hydrogen-bond acceptors (Lipinski definition) is 0. The second-order valence-corrected chi connectivity index (χ2v) is 6.90. The molecule has 2 saturated carbocycles. The number of rotatable bonds is 2. The molecule has 2 aliphatic rings. The molecule has 88 valence electrons. The van der Waals surface area contributed by atoms with Crippen molar-refractivity contribution >= 4 is 0 Å². The molecule has 0 spiro atoms. The van der Waals surface area contributed by atoms with Crippen molar-refractivity contribution in [1.29, 1.82) is 0 Å². The molecule has 0 aromatic rings. The summed E-state index contributed by atoms with van der Waals surface area (Å²) in [5.41, 5.74) is 0.649. The molecule has 0 aromatic carbocycles. The van der Waals surface area contributed by atoms with Gasteiger partial charge in [0.05, 0.1) is 0 Å². The van der Waals surface area contributed by atoms with Crippen molar-refractivity contribution in [1.82, 2.24) is 0 Å². The second kappa shape index (κ2) is 4.11. The Morgan fingerprint density at radius 1 is 0.867 bits per heavy atom. The molecule has 2 rings (SSSR count). The molecule has 2 fully saturated rings. The van der Waals surface area contributed by atoms with E-state index in [1.807, 2.05) is 0 Å². The Hall–Kier alpha value is 0. The third kappa shape index (κ3) is 2.24. The summed E-state index contributed by atoms with van der Waals surface area (Å²) in [6, 6.07) is 0. The monoisotopic (exact) mass is 208 g/mol. The van der Waals surface area contributed by atoms with Crippen LogP contribution in [-0.2, 0) is 0 Å². The maximum atomic E-state index is 2.48. The lowest BCUT2D eigenvalue weighted by atomic mass is 9.68. The summed E-state index contributed by atoms with van der Waals surface area (Å²) in [6.45, 7) is 9.75. The lowest BCUT2D eigenvalue weighted by Crippen LogP contribution is -2.28. The Labute approximate surface area is 95.8 Å². The van der Waals surface area contributed by atoms with Crippen molar-refractivity contribution < 1.29 is 0 Å². The lowest BCUT2D eigenvalue weighted by Gasteiger charge is -2.38. The van der Waals surface area contributed by atoms with Gasteiger partial charge in [-0.05, 0) is 54.8 Å². The van der Waals surface area contributed by atoms with Crippen molar-refractivity contribution in [3.63, 3.8) is 0 Å². The fraction of sp³-hybridized carbons (Fsp3) is 1.00. The van der Waals surface area contributed by atoms with Crippen molar-refractivity contribution in [2.24, 2.45) is 29.1 Å². The van der Waals surface area contributed by atoms with Crippen LogP contribution in [0, 0.1) is 29.1 Å². The van der Waals surface area contributed by atoms with Crippen LogP contribution >= 0.6 is 0 Å². The molecule has 0 nitrogen and oxygen atoms in total. The van der Waals surface area contributed by atoms with Gasteiger partial charge in [-0.25, -0.2) is 0 Å². The van der Waals surface area contributed by atoms with Crippen LogP contribution in [0.3, 0.4) is 0 Å². The molecule has 0 bridgehead atoms. The zero-order valence-electron chi connectivity index (χ0n) is 11.1. The minimum Gasteiger partial charge on any atom is -0.0651 e. The molecular weight excluding hydrogens is 180 g/mol. The average molecular weight is 208 g/mol. The molecule has 0 aromatic heterocycles. The van der Waals surface area contributed by atoms with Crippen molar-refractivity contribution in [3.8, 4) is 0 Å². The fourth-order valence-electron chi connectivity index (χ4n) is 4.55. The molecule has 15 heavy (non-hydrogen) atoms. The molecule has 4 unspecified atom stereocenters. The highest BCUT2D eigenvalue weighted by Gasteiger charge is 2.44. The summed E-state index contributed by atoms with van der Waals surface area (Å²) in [7, 11) is 0.